The van der Waals surface area contributed by atoms with Crippen molar-refractivity contribution in [2.24, 2.45) is 0 Å². The molecule has 1 saturated heterocycles. The highest BCUT2D eigenvalue weighted by atomic mass is 35.5. The van der Waals surface area contributed by atoms with Gasteiger partial charge in [0, 0.05) is 49.3 Å². The number of anilines is 2. The Morgan fingerprint density at radius 2 is 1.87 bits per heavy atom. The van der Waals surface area contributed by atoms with Crippen LogP contribution in [0.15, 0.2) is 48.5 Å². The Morgan fingerprint density at radius 1 is 1.13 bits per heavy atom. The molecule has 0 saturated carbocycles. The van der Waals surface area contributed by atoms with Crippen molar-refractivity contribution < 1.29 is 9.53 Å². The number of nitrogens with zero attached hydrogens (tertiary/aromatic N) is 3. The smallest absolute Gasteiger partial charge is 0.262 e. The van der Waals surface area contributed by atoms with Crippen molar-refractivity contribution in [2.45, 2.75) is 6.92 Å². The number of ether oxygens (including phenoxy) is 1. The Labute approximate surface area is 181 Å². The van der Waals surface area contributed by atoms with Crippen molar-refractivity contribution in [1.82, 2.24) is 9.88 Å². The van der Waals surface area contributed by atoms with E-state index >= 15 is 0 Å². The third-order valence-corrected chi connectivity index (χ3v) is 5.36. The summed E-state index contributed by atoms with van der Waals surface area (Å²) in [5.74, 6) is 1.32. The summed E-state index contributed by atoms with van der Waals surface area (Å²) in [5.41, 5.74) is 2.72. The zero-order valence-corrected chi connectivity index (χ0v) is 17.5. The molecule has 2 radical (unpaired) electrons. The number of fused-ring (bicyclic) bond motifs is 1. The maximum absolute atomic E-state index is 12.3. The number of halogens is 1. The minimum absolute atomic E-state index is 0.0804. The fourth-order valence-electron chi connectivity index (χ4n) is 3.44. The molecule has 7 heteroatoms. The quantitative estimate of drug-likeness (QED) is 0.673. The summed E-state index contributed by atoms with van der Waals surface area (Å²) >= 11 is 5.85. The Kier molecular flexibility index (Phi) is 6.06. The van der Waals surface area contributed by atoms with Gasteiger partial charge in [0.2, 0.25) is 0 Å². The number of pyridine rings is 1. The molecular formula is C23H23ClN4O2. The van der Waals surface area contributed by atoms with Crippen molar-refractivity contribution in [1.29, 1.82) is 0 Å². The van der Waals surface area contributed by atoms with Crippen LogP contribution in [0, 0.1) is 14.0 Å². The van der Waals surface area contributed by atoms with Crippen LogP contribution < -0.4 is 15.0 Å². The van der Waals surface area contributed by atoms with Crippen molar-refractivity contribution in [3.05, 3.63) is 66.2 Å². The number of aryl methyl sites for hydroxylation is 1. The van der Waals surface area contributed by atoms with Crippen molar-refractivity contribution in [2.75, 3.05) is 43.0 Å². The molecule has 6 nitrogen and oxygen atoms in total. The van der Waals surface area contributed by atoms with Crippen LogP contribution in [0.3, 0.4) is 0 Å². The first-order valence-electron chi connectivity index (χ1n) is 9.82. The largest absolute Gasteiger partial charge is 0.484 e. The molecule has 0 unspecified atom stereocenters. The number of carbonyl (C=O) groups excluding carboxylic acids is 1. The molecule has 30 heavy (non-hydrogen) atoms. The highest BCUT2D eigenvalue weighted by Gasteiger charge is 2.17. The highest BCUT2D eigenvalue weighted by molar-refractivity contribution is 6.30. The van der Waals surface area contributed by atoms with Gasteiger partial charge in [0.1, 0.15) is 11.6 Å². The molecule has 0 atom stereocenters. The number of hydrogen-bond acceptors (Lipinski definition) is 5. The molecular weight excluding hydrogens is 400 g/mol. The Balaban J connectivity index is 1.43. The van der Waals surface area contributed by atoms with Crippen molar-refractivity contribution >= 4 is 39.9 Å². The van der Waals surface area contributed by atoms with E-state index in [0.717, 1.165) is 48.5 Å². The maximum Gasteiger partial charge on any atom is 0.262 e. The molecule has 1 amide bonds. The van der Waals surface area contributed by atoms with Gasteiger partial charge in [-0.15, -0.1) is 0 Å². The normalized spacial score (nSPS) is 14.7. The summed E-state index contributed by atoms with van der Waals surface area (Å²) < 4.78 is 5.50. The van der Waals surface area contributed by atoms with E-state index in [-0.39, 0.29) is 12.5 Å². The molecule has 1 N–H and O–H groups in total. The van der Waals surface area contributed by atoms with Crippen LogP contribution in [0.5, 0.6) is 5.75 Å². The van der Waals surface area contributed by atoms with Gasteiger partial charge in [-0.3, -0.25) is 9.69 Å². The zero-order valence-electron chi connectivity index (χ0n) is 16.8. The highest BCUT2D eigenvalue weighted by Crippen LogP contribution is 2.26. The van der Waals surface area contributed by atoms with Gasteiger partial charge < -0.3 is 15.0 Å². The zero-order chi connectivity index (χ0) is 21.1. The van der Waals surface area contributed by atoms with Gasteiger partial charge >= 0.3 is 0 Å². The fraction of sp³-hybridized carbons (Fsp3) is 0.261. The van der Waals surface area contributed by atoms with E-state index in [0.29, 0.717) is 16.5 Å². The molecule has 1 aliphatic rings. The van der Waals surface area contributed by atoms with E-state index in [1.54, 1.807) is 24.3 Å². The van der Waals surface area contributed by atoms with Gasteiger partial charge in [-0.05, 0) is 61.0 Å². The van der Waals surface area contributed by atoms with Gasteiger partial charge in [0.25, 0.3) is 5.91 Å². The summed E-state index contributed by atoms with van der Waals surface area (Å²) in [5, 5.41) is 4.51. The molecule has 1 aliphatic heterocycles. The lowest BCUT2D eigenvalue weighted by atomic mass is 10.1. The molecule has 2 heterocycles. The lowest BCUT2D eigenvalue weighted by molar-refractivity contribution is -0.118. The lowest BCUT2D eigenvalue weighted by Crippen LogP contribution is -2.44. The number of nitrogens with one attached hydrogen (secondary N) is 1. The van der Waals surface area contributed by atoms with E-state index in [1.807, 2.05) is 23.1 Å². The first kappa shape index (κ1) is 20.4. The van der Waals surface area contributed by atoms with E-state index in [2.05, 4.69) is 23.2 Å². The van der Waals surface area contributed by atoms with Gasteiger partial charge in [-0.2, -0.15) is 0 Å². The number of amides is 1. The van der Waals surface area contributed by atoms with E-state index in [1.165, 1.54) is 0 Å². The molecule has 2 aromatic carbocycles. The molecule has 4 rings (SSSR count). The second-order valence-electron chi connectivity index (χ2n) is 7.34. The number of benzene rings is 2. The monoisotopic (exact) mass is 422 g/mol. The second kappa shape index (κ2) is 8.90. The lowest BCUT2D eigenvalue weighted by Gasteiger charge is -2.33. The number of hydrogen-bond donors (Lipinski definition) is 1. The topological polar surface area (TPSA) is 57.7 Å². The van der Waals surface area contributed by atoms with Crippen LogP contribution in [-0.4, -0.2) is 48.6 Å². The van der Waals surface area contributed by atoms with Crippen LogP contribution in [0.4, 0.5) is 11.5 Å². The summed E-state index contributed by atoms with van der Waals surface area (Å²) in [6.45, 7) is 5.33. The van der Waals surface area contributed by atoms with Gasteiger partial charge in [0.15, 0.2) is 6.61 Å². The minimum Gasteiger partial charge on any atom is -0.484 e. The van der Waals surface area contributed by atoms with E-state index in [4.69, 9.17) is 28.4 Å². The second-order valence-corrected chi connectivity index (χ2v) is 7.78. The van der Waals surface area contributed by atoms with Crippen molar-refractivity contribution in [3.63, 3.8) is 0 Å². The summed E-state index contributed by atoms with van der Waals surface area (Å²) in [4.78, 5) is 21.1. The number of carbonyl (C=O) groups is 1. The molecule has 3 aromatic rings. The van der Waals surface area contributed by atoms with Crippen LogP contribution in [0.25, 0.3) is 10.9 Å². The first-order valence-corrected chi connectivity index (χ1v) is 10.2. The SMILES string of the molecule is [CH]N1CCN(c2cc(C)c3cc(NC(=O)COc4ccc(Cl)cc4)ccc3n2)CC1. The first-order chi connectivity index (χ1) is 14.5. The summed E-state index contributed by atoms with van der Waals surface area (Å²) in [6.07, 6.45) is 0. The third kappa shape index (κ3) is 4.83. The molecule has 0 aliphatic carbocycles. The van der Waals surface area contributed by atoms with Gasteiger partial charge in [-0.1, -0.05) is 11.6 Å². The molecule has 0 spiro atoms. The van der Waals surface area contributed by atoms with Gasteiger partial charge in [0.05, 0.1) is 5.52 Å². The van der Waals surface area contributed by atoms with E-state index < -0.39 is 0 Å². The standard InChI is InChI=1S/C23H23ClN4O2/c1-16-13-22(28-11-9-27(2)10-12-28)26-21-8-5-18(14-20(16)21)25-23(29)15-30-19-6-3-17(24)4-7-19/h2-8,13-14H,9-12,15H2,1H3,(H,25,29). The van der Waals surface area contributed by atoms with Crippen LogP contribution in [0.1, 0.15) is 5.56 Å². The summed E-state index contributed by atoms with van der Waals surface area (Å²) in [7, 11) is 5.85. The van der Waals surface area contributed by atoms with Crippen LogP contribution in [-0.2, 0) is 4.79 Å². The molecule has 1 fully saturated rings. The average Bonchev–Trinajstić information content (AvgIpc) is 2.74. The minimum atomic E-state index is -0.230. The third-order valence-electron chi connectivity index (χ3n) is 5.11. The number of aromatic nitrogens is 1. The predicted octanol–water partition coefficient (Wildman–Crippen LogP) is 4.00. The number of rotatable bonds is 5. The van der Waals surface area contributed by atoms with Crippen molar-refractivity contribution in [3.8, 4) is 5.75 Å². The van der Waals surface area contributed by atoms with Crippen LogP contribution >= 0.6 is 11.6 Å². The molecule has 0 bridgehead atoms. The Morgan fingerprint density at radius 3 is 2.60 bits per heavy atom. The number of piperazine rings is 1. The van der Waals surface area contributed by atoms with Crippen LogP contribution in [0.2, 0.25) is 5.02 Å². The van der Waals surface area contributed by atoms with Gasteiger partial charge in [-0.25, -0.2) is 4.98 Å². The fourth-order valence-corrected chi connectivity index (χ4v) is 3.57. The predicted molar refractivity (Wildman–Crippen MR) is 120 cm³/mol. The Hall–Kier alpha value is -2.83. The summed E-state index contributed by atoms with van der Waals surface area (Å²) in [6, 6.07) is 14.7. The molecule has 1 aromatic heterocycles. The molecule has 154 valence electrons. The Bertz CT molecular complexity index is 1050. The average molecular weight is 423 g/mol. The maximum atomic E-state index is 12.3. The van der Waals surface area contributed by atoms with E-state index in [9.17, 15) is 4.79 Å².